The van der Waals surface area contributed by atoms with Crippen molar-refractivity contribution in [1.29, 1.82) is 0 Å². The molecule has 28 heavy (non-hydrogen) atoms. The lowest BCUT2D eigenvalue weighted by molar-refractivity contribution is -0.116. The molecule has 3 aromatic rings. The summed E-state index contributed by atoms with van der Waals surface area (Å²) in [5.41, 5.74) is 4.20. The highest BCUT2D eigenvalue weighted by Gasteiger charge is 2.10. The van der Waals surface area contributed by atoms with Crippen LogP contribution in [0.25, 0.3) is 11.4 Å². The molecule has 0 saturated heterocycles. The van der Waals surface area contributed by atoms with Crippen molar-refractivity contribution in [2.45, 2.75) is 27.2 Å². The molecule has 1 heterocycles. The van der Waals surface area contributed by atoms with Crippen LogP contribution in [0.3, 0.4) is 0 Å². The van der Waals surface area contributed by atoms with Crippen molar-refractivity contribution in [2.24, 2.45) is 0 Å². The molecule has 1 aromatic heterocycles. The Kier molecular flexibility index (Phi) is 5.84. The molecule has 2 aromatic carbocycles. The van der Waals surface area contributed by atoms with Crippen LogP contribution in [0.1, 0.15) is 33.8 Å². The Morgan fingerprint density at radius 3 is 2.29 bits per heavy atom. The molecule has 144 valence electrons. The first-order valence-electron chi connectivity index (χ1n) is 8.98. The number of carbonyl (C=O) groups excluding carboxylic acids is 2. The number of nitrogens with one attached hydrogen (secondary N) is 2. The van der Waals surface area contributed by atoms with E-state index in [9.17, 15) is 9.59 Å². The van der Waals surface area contributed by atoms with E-state index in [1.54, 1.807) is 31.2 Å². The van der Waals surface area contributed by atoms with Crippen LogP contribution < -0.4 is 10.6 Å². The molecule has 0 radical (unpaired) electrons. The number of anilines is 1. The quantitative estimate of drug-likeness (QED) is 0.685. The van der Waals surface area contributed by atoms with E-state index in [1.165, 1.54) is 0 Å². The van der Waals surface area contributed by atoms with Gasteiger partial charge in [0.25, 0.3) is 5.91 Å². The van der Waals surface area contributed by atoms with Crippen LogP contribution in [-0.4, -0.2) is 28.5 Å². The number of rotatable bonds is 6. The molecule has 0 saturated carbocycles. The van der Waals surface area contributed by atoms with E-state index in [-0.39, 0.29) is 24.8 Å². The summed E-state index contributed by atoms with van der Waals surface area (Å²) in [4.78, 5) is 28.5. The van der Waals surface area contributed by atoms with E-state index in [0.717, 1.165) is 22.4 Å². The standard InChI is InChI=1S/C21H22N4O3/c1-13-10-14(2)12-18(11-13)24-19(26)8-9-22-21(27)17-6-4-16(5-7-17)20-23-15(3)28-25-20/h4-7,10-12H,8-9H2,1-3H3,(H,22,27)(H,24,26). The number of hydrogen-bond donors (Lipinski definition) is 2. The minimum atomic E-state index is -0.241. The molecule has 0 unspecified atom stereocenters. The highest BCUT2D eigenvalue weighted by molar-refractivity contribution is 5.95. The van der Waals surface area contributed by atoms with Crippen LogP contribution in [0.15, 0.2) is 47.0 Å². The number of nitrogens with zero attached hydrogens (tertiary/aromatic N) is 2. The highest BCUT2D eigenvalue weighted by atomic mass is 16.5. The van der Waals surface area contributed by atoms with E-state index in [4.69, 9.17) is 4.52 Å². The number of amides is 2. The fraction of sp³-hybridized carbons (Fsp3) is 0.238. The number of aromatic nitrogens is 2. The van der Waals surface area contributed by atoms with E-state index < -0.39 is 0 Å². The van der Waals surface area contributed by atoms with Gasteiger partial charge in [-0.1, -0.05) is 23.4 Å². The third kappa shape index (κ3) is 5.03. The van der Waals surface area contributed by atoms with E-state index >= 15 is 0 Å². The summed E-state index contributed by atoms with van der Waals surface area (Å²) < 4.78 is 4.95. The summed E-state index contributed by atoms with van der Waals surface area (Å²) in [5.74, 6) is 0.576. The minimum absolute atomic E-state index is 0.145. The lowest BCUT2D eigenvalue weighted by atomic mass is 10.1. The van der Waals surface area contributed by atoms with Gasteiger partial charge < -0.3 is 15.2 Å². The zero-order valence-electron chi connectivity index (χ0n) is 16.1. The summed E-state index contributed by atoms with van der Waals surface area (Å²) in [6.07, 6.45) is 0.193. The van der Waals surface area contributed by atoms with E-state index in [1.807, 2.05) is 32.0 Å². The van der Waals surface area contributed by atoms with Crippen molar-refractivity contribution in [3.05, 3.63) is 65.0 Å². The van der Waals surface area contributed by atoms with Gasteiger partial charge in [-0.2, -0.15) is 4.98 Å². The molecule has 7 nitrogen and oxygen atoms in total. The van der Waals surface area contributed by atoms with Crippen molar-refractivity contribution in [1.82, 2.24) is 15.5 Å². The molecule has 0 aliphatic rings. The first-order chi connectivity index (χ1) is 13.4. The summed E-state index contributed by atoms with van der Waals surface area (Å²) in [6, 6.07) is 12.8. The first-order valence-corrected chi connectivity index (χ1v) is 8.98. The Hall–Kier alpha value is -3.48. The van der Waals surface area contributed by atoms with Gasteiger partial charge in [0.15, 0.2) is 0 Å². The number of hydrogen-bond acceptors (Lipinski definition) is 5. The molecule has 0 fully saturated rings. The third-order valence-corrected chi connectivity index (χ3v) is 4.08. The summed E-state index contributed by atoms with van der Waals surface area (Å²) in [7, 11) is 0. The lowest BCUT2D eigenvalue weighted by Crippen LogP contribution is -2.27. The molecular weight excluding hydrogens is 356 g/mol. The number of aryl methyl sites for hydroxylation is 3. The molecule has 7 heteroatoms. The molecule has 2 N–H and O–H groups in total. The maximum Gasteiger partial charge on any atom is 0.251 e. The number of benzene rings is 2. The van der Waals surface area contributed by atoms with Crippen LogP contribution in [0.4, 0.5) is 5.69 Å². The van der Waals surface area contributed by atoms with Gasteiger partial charge in [0.05, 0.1) is 0 Å². The molecule has 0 aliphatic heterocycles. The van der Waals surface area contributed by atoms with Gasteiger partial charge in [0.2, 0.25) is 17.6 Å². The fourth-order valence-electron chi connectivity index (χ4n) is 2.85. The molecule has 3 rings (SSSR count). The Bertz CT molecular complexity index is 973. The first kappa shape index (κ1) is 19.3. The van der Waals surface area contributed by atoms with Crippen LogP contribution in [0, 0.1) is 20.8 Å². The van der Waals surface area contributed by atoms with Crippen molar-refractivity contribution in [3.63, 3.8) is 0 Å². The Morgan fingerprint density at radius 2 is 1.68 bits per heavy atom. The monoisotopic (exact) mass is 378 g/mol. The Morgan fingerprint density at radius 1 is 1.00 bits per heavy atom. The average Bonchev–Trinajstić information content (AvgIpc) is 3.07. The van der Waals surface area contributed by atoms with Gasteiger partial charge in [-0.25, -0.2) is 0 Å². The smallest absolute Gasteiger partial charge is 0.251 e. The van der Waals surface area contributed by atoms with Crippen molar-refractivity contribution < 1.29 is 14.1 Å². The predicted molar refractivity (Wildman–Crippen MR) is 106 cm³/mol. The van der Waals surface area contributed by atoms with Gasteiger partial charge in [-0.15, -0.1) is 0 Å². The van der Waals surface area contributed by atoms with Gasteiger partial charge in [-0.3, -0.25) is 9.59 Å². The van der Waals surface area contributed by atoms with Crippen molar-refractivity contribution in [2.75, 3.05) is 11.9 Å². The molecular formula is C21H22N4O3. The second-order valence-electron chi connectivity index (χ2n) is 6.64. The summed E-state index contributed by atoms with van der Waals surface area (Å²) in [6.45, 7) is 5.93. The maximum atomic E-state index is 12.2. The SMILES string of the molecule is Cc1cc(C)cc(NC(=O)CCNC(=O)c2ccc(-c3noc(C)n3)cc2)c1. The minimum Gasteiger partial charge on any atom is -0.352 e. The predicted octanol–water partition coefficient (Wildman–Crippen LogP) is 3.42. The third-order valence-electron chi connectivity index (χ3n) is 4.08. The normalized spacial score (nSPS) is 10.5. The molecule has 0 aliphatic carbocycles. The second kappa shape index (κ2) is 8.47. The highest BCUT2D eigenvalue weighted by Crippen LogP contribution is 2.16. The van der Waals surface area contributed by atoms with Crippen molar-refractivity contribution in [3.8, 4) is 11.4 Å². The van der Waals surface area contributed by atoms with Crippen LogP contribution in [0.5, 0.6) is 0 Å². The summed E-state index contributed by atoms with van der Waals surface area (Å²) in [5, 5.41) is 9.45. The second-order valence-corrected chi connectivity index (χ2v) is 6.64. The van der Waals surface area contributed by atoms with E-state index in [2.05, 4.69) is 20.8 Å². The van der Waals surface area contributed by atoms with Gasteiger partial charge >= 0.3 is 0 Å². The van der Waals surface area contributed by atoms with Gasteiger partial charge in [0.1, 0.15) is 0 Å². The molecule has 0 bridgehead atoms. The molecule has 0 spiro atoms. The van der Waals surface area contributed by atoms with E-state index in [0.29, 0.717) is 17.3 Å². The largest absolute Gasteiger partial charge is 0.352 e. The molecule has 0 atom stereocenters. The topological polar surface area (TPSA) is 97.1 Å². The molecule has 2 amide bonds. The van der Waals surface area contributed by atoms with Crippen molar-refractivity contribution >= 4 is 17.5 Å². The maximum absolute atomic E-state index is 12.2. The average molecular weight is 378 g/mol. The summed E-state index contributed by atoms with van der Waals surface area (Å²) >= 11 is 0. The fourth-order valence-corrected chi connectivity index (χ4v) is 2.85. The zero-order valence-corrected chi connectivity index (χ0v) is 16.1. The van der Waals surface area contributed by atoms with Crippen LogP contribution in [0.2, 0.25) is 0 Å². The Balaban J connectivity index is 1.49. The van der Waals surface area contributed by atoms with Gasteiger partial charge in [-0.05, 0) is 49.2 Å². The lowest BCUT2D eigenvalue weighted by Gasteiger charge is -2.08. The zero-order chi connectivity index (χ0) is 20.1. The van der Waals surface area contributed by atoms with Crippen LogP contribution >= 0.6 is 0 Å². The van der Waals surface area contributed by atoms with Crippen LogP contribution in [-0.2, 0) is 4.79 Å². The van der Waals surface area contributed by atoms with Gasteiger partial charge in [0, 0.05) is 36.7 Å². The number of carbonyl (C=O) groups is 2. The Labute approximate surface area is 163 Å².